The highest BCUT2D eigenvalue weighted by molar-refractivity contribution is 5.82. The van der Waals surface area contributed by atoms with Crippen LogP contribution in [0.1, 0.15) is 25.3 Å². The fourth-order valence-electron chi connectivity index (χ4n) is 3.07. The average molecular weight is 317 g/mol. The number of rotatable bonds is 4. The van der Waals surface area contributed by atoms with Gasteiger partial charge in [-0.25, -0.2) is 0 Å². The summed E-state index contributed by atoms with van der Waals surface area (Å²) in [5, 5.41) is 3.43. The van der Waals surface area contributed by atoms with Gasteiger partial charge in [0.2, 0.25) is 0 Å². The van der Waals surface area contributed by atoms with Crippen molar-refractivity contribution in [3.63, 3.8) is 0 Å². The minimum absolute atomic E-state index is 0.0786. The van der Waals surface area contributed by atoms with Gasteiger partial charge in [0.05, 0.1) is 13.0 Å². The number of benzene rings is 1. The Labute approximate surface area is 138 Å². The van der Waals surface area contributed by atoms with Crippen LogP contribution in [0.4, 0.5) is 0 Å². The molecule has 0 spiro atoms. The largest absolute Gasteiger partial charge is 0.469 e. The number of guanidine groups is 1. The molecule has 5 nitrogen and oxygen atoms in total. The molecule has 1 fully saturated rings. The van der Waals surface area contributed by atoms with Crippen molar-refractivity contribution in [2.24, 2.45) is 16.8 Å². The molecule has 0 amide bonds. The lowest BCUT2D eigenvalue weighted by atomic mass is 9.99. The van der Waals surface area contributed by atoms with Crippen LogP contribution < -0.4 is 5.32 Å². The van der Waals surface area contributed by atoms with Gasteiger partial charge in [0.25, 0.3) is 0 Å². The first-order valence-electron chi connectivity index (χ1n) is 8.15. The Hall–Kier alpha value is -2.04. The Morgan fingerprint density at radius 2 is 2.09 bits per heavy atom. The summed E-state index contributed by atoms with van der Waals surface area (Å²) < 4.78 is 4.90. The molecule has 2 rings (SSSR count). The summed E-state index contributed by atoms with van der Waals surface area (Å²) in [6, 6.07) is 10.4. The molecule has 3 atom stereocenters. The van der Waals surface area contributed by atoms with Gasteiger partial charge in [-0.15, -0.1) is 0 Å². The number of ether oxygens (including phenoxy) is 1. The molecule has 0 aliphatic carbocycles. The van der Waals surface area contributed by atoms with E-state index in [0.717, 1.165) is 19.0 Å². The van der Waals surface area contributed by atoms with E-state index in [0.29, 0.717) is 12.5 Å². The van der Waals surface area contributed by atoms with Crippen LogP contribution in [0, 0.1) is 11.8 Å². The average Bonchev–Trinajstić information content (AvgIpc) is 2.97. The molecule has 1 aliphatic rings. The number of esters is 1. The number of methoxy groups -OCH3 is 1. The molecular formula is C18H27N3O2. The third-order valence-electron chi connectivity index (χ3n) is 4.56. The molecule has 1 saturated heterocycles. The minimum atomic E-state index is -0.131. The van der Waals surface area contributed by atoms with E-state index in [1.807, 2.05) is 6.07 Å². The molecule has 1 heterocycles. The molecule has 1 aliphatic heterocycles. The summed E-state index contributed by atoms with van der Waals surface area (Å²) in [5.41, 5.74) is 1.30. The maximum atomic E-state index is 11.8. The van der Waals surface area contributed by atoms with E-state index in [1.165, 1.54) is 12.7 Å². The van der Waals surface area contributed by atoms with Crippen molar-refractivity contribution in [1.82, 2.24) is 10.2 Å². The van der Waals surface area contributed by atoms with Crippen LogP contribution in [0.3, 0.4) is 0 Å². The van der Waals surface area contributed by atoms with E-state index < -0.39 is 0 Å². The van der Waals surface area contributed by atoms with Crippen LogP contribution in [-0.2, 0) is 9.53 Å². The van der Waals surface area contributed by atoms with Crippen molar-refractivity contribution >= 4 is 11.9 Å². The second kappa shape index (κ2) is 7.99. The second-order valence-corrected chi connectivity index (χ2v) is 6.25. The Bertz CT molecular complexity index is 544. The lowest BCUT2D eigenvalue weighted by Crippen LogP contribution is -2.42. The molecular weight excluding hydrogens is 290 g/mol. The Morgan fingerprint density at radius 3 is 2.70 bits per heavy atom. The van der Waals surface area contributed by atoms with Crippen molar-refractivity contribution in [2.75, 3.05) is 33.8 Å². The monoisotopic (exact) mass is 317 g/mol. The predicted molar refractivity (Wildman–Crippen MR) is 92.5 cm³/mol. The van der Waals surface area contributed by atoms with E-state index in [-0.39, 0.29) is 17.8 Å². The van der Waals surface area contributed by atoms with E-state index >= 15 is 0 Å². The van der Waals surface area contributed by atoms with Crippen LogP contribution >= 0.6 is 0 Å². The van der Waals surface area contributed by atoms with Gasteiger partial charge < -0.3 is 15.0 Å². The fraction of sp³-hybridized carbons (Fsp3) is 0.556. The van der Waals surface area contributed by atoms with Crippen molar-refractivity contribution in [3.8, 4) is 0 Å². The van der Waals surface area contributed by atoms with Crippen molar-refractivity contribution in [3.05, 3.63) is 35.9 Å². The molecule has 0 saturated carbocycles. The third kappa shape index (κ3) is 4.24. The van der Waals surface area contributed by atoms with Crippen LogP contribution in [0.2, 0.25) is 0 Å². The lowest BCUT2D eigenvalue weighted by molar-refractivity contribution is -0.145. The maximum absolute atomic E-state index is 11.8. The summed E-state index contributed by atoms with van der Waals surface area (Å²) in [5.74, 6) is 1.31. The number of aliphatic imine (C=N–C) groups is 1. The van der Waals surface area contributed by atoms with Crippen LogP contribution in [0.5, 0.6) is 0 Å². The number of carbonyl (C=O) groups excluding carboxylic acids is 1. The summed E-state index contributed by atoms with van der Waals surface area (Å²) in [4.78, 5) is 18.3. The first-order valence-corrected chi connectivity index (χ1v) is 8.15. The molecule has 1 aromatic carbocycles. The Morgan fingerprint density at radius 1 is 1.39 bits per heavy atom. The molecule has 0 bridgehead atoms. The van der Waals surface area contributed by atoms with Gasteiger partial charge in [0.1, 0.15) is 0 Å². The number of likely N-dealkylation sites (tertiary alicyclic amines) is 1. The van der Waals surface area contributed by atoms with Gasteiger partial charge in [-0.1, -0.05) is 44.2 Å². The van der Waals surface area contributed by atoms with Crippen LogP contribution in [0.15, 0.2) is 35.3 Å². The summed E-state index contributed by atoms with van der Waals surface area (Å²) in [6.07, 6.45) is 0. The van der Waals surface area contributed by atoms with Gasteiger partial charge in [0, 0.05) is 26.7 Å². The smallest absolute Gasteiger partial charge is 0.310 e. The van der Waals surface area contributed by atoms with E-state index in [2.05, 4.69) is 53.3 Å². The van der Waals surface area contributed by atoms with Crippen molar-refractivity contribution in [1.29, 1.82) is 0 Å². The SMILES string of the molecule is CN=C(NCC(C)c1ccccc1)N1CC(C)C(C(=O)OC)C1. The molecule has 126 valence electrons. The predicted octanol–water partition coefficient (Wildman–Crippen LogP) is 2.11. The molecule has 0 aromatic heterocycles. The normalized spacial score (nSPS) is 22.8. The second-order valence-electron chi connectivity index (χ2n) is 6.25. The third-order valence-corrected chi connectivity index (χ3v) is 4.56. The molecule has 0 radical (unpaired) electrons. The lowest BCUT2D eigenvalue weighted by Gasteiger charge is -2.23. The molecule has 3 unspecified atom stereocenters. The van der Waals surface area contributed by atoms with Gasteiger partial charge in [-0.3, -0.25) is 9.79 Å². The topological polar surface area (TPSA) is 53.9 Å². The Balaban J connectivity index is 1.93. The highest BCUT2D eigenvalue weighted by atomic mass is 16.5. The van der Waals surface area contributed by atoms with Crippen molar-refractivity contribution in [2.45, 2.75) is 19.8 Å². The number of nitrogens with one attached hydrogen (secondary N) is 1. The van der Waals surface area contributed by atoms with E-state index in [4.69, 9.17) is 4.74 Å². The number of nitrogens with zero attached hydrogens (tertiary/aromatic N) is 2. The minimum Gasteiger partial charge on any atom is -0.469 e. The van der Waals surface area contributed by atoms with Gasteiger partial charge in [0.15, 0.2) is 5.96 Å². The Kier molecular flexibility index (Phi) is 6.02. The number of carbonyl (C=O) groups is 1. The van der Waals surface area contributed by atoms with Gasteiger partial charge in [-0.05, 0) is 17.4 Å². The zero-order valence-electron chi connectivity index (χ0n) is 14.5. The zero-order chi connectivity index (χ0) is 16.8. The number of hydrogen-bond acceptors (Lipinski definition) is 3. The summed E-state index contributed by atoms with van der Waals surface area (Å²) >= 11 is 0. The van der Waals surface area contributed by atoms with Crippen molar-refractivity contribution < 1.29 is 9.53 Å². The molecule has 5 heteroatoms. The zero-order valence-corrected chi connectivity index (χ0v) is 14.5. The quantitative estimate of drug-likeness (QED) is 0.525. The highest BCUT2D eigenvalue weighted by Crippen LogP contribution is 2.24. The molecule has 1 aromatic rings. The van der Waals surface area contributed by atoms with Gasteiger partial charge in [-0.2, -0.15) is 0 Å². The summed E-state index contributed by atoms with van der Waals surface area (Å²) in [6.45, 7) is 6.57. The van der Waals surface area contributed by atoms with E-state index in [9.17, 15) is 4.79 Å². The fourth-order valence-corrected chi connectivity index (χ4v) is 3.07. The first-order chi connectivity index (χ1) is 11.1. The highest BCUT2D eigenvalue weighted by Gasteiger charge is 2.36. The van der Waals surface area contributed by atoms with Gasteiger partial charge >= 0.3 is 5.97 Å². The standard InChI is InChI=1S/C18H27N3O2/c1-13(15-8-6-5-7-9-15)10-20-18(19-3)21-11-14(2)16(12-21)17(22)23-4/h5-9,13-14,16H,10-12H2,1-4H3,(H,19,20). The number of hydrogen-bond donors (Lipinski definition) is 1. The van der Waals surface area contributed by atoms with Crippen LogP contribution in [-0.4, -0.2) is 50.6 Å². The molecule has 23 heavy (non-hydrogen) atoms. The first kappa shape index (κ1) is 17.3. The van der Waals surface area contributed by atoms with Crippen LogP contribution in [0.25, 0.3) is 0 Å². The van der Waals surface area contributed by atoms with E-state index in [1.54, 1.807) is 7.05 Å². The molecule has 1 N–H and O–H groups in total. The summed E-state index contributed by atoms with van der Waals surface area (Å²) in [7, 11) is 3.23. The maximum Gasteiger partial charge on any atom is 0.310 e.